The summed E-state index contributed by atoms with van der Waals surface area (Å²) in [6, 6.07) is 12.3. The molecule has 4 atom stereocenters. The number of anilines is 2. The number of imide groups is 1. The summed E-state index contributed by atoms with van der Waals surface area (Å²) < 4.78 is 10.2. The van der Waals surface area contributed by atoms with Gasteiger partial charge in [0.2, 0.25) is 11.8 Å². The summed E-state index contributed by atoms with van der Waals surface area (Å²) in [4.78, 5) is 64.0. The van der Waals surface area contributed by atoms with Gasteiger partial charge < -0.3 is 14.8 Å². The Morgan fingerprint density at radius 2 is 1.54 bits per heavy atom. The fourth-order valence-corrected chi connectivity index (χ4v) is 5.31. The maximum atomic E-state index is 13.0. The van der Waals surface area contributed by atoms with Gasteiger partial charge in [0.25, 0.3) is 5.91 Å². The van der Waals surface area contributed by atoms with Crippen molar-refractivity contribution in [3.8, 4) is 0 Å². The summed E-state index contributed by atoms with van der Waals surface area (Å²) in [6.45, 7) is 1.69. The number of carbonyl (C=O) groups is 5. The first kappa shape index (κ1) is 24.4. The molecule has 2 aliphatic carbocycles. The van der Waals surface area contributed by atoms with Crippen LogP contribution in [0.5, 0.6) is 0 Å². The standard InChI is InChI=1S/C28H26N2O7/c1-2-12-36-27(34)16-8-10-20(11-9-16)29-22(31)15-37-28(35)19-4-3-5-21(14-19)30-25(32)23-17-6-7-18(13-17)24(23)26(30)33/h3-11,14,17-18,23-24H,2,12-13,15H2,1H3,(H,29,31)/t17-,18-,23-,24+/m0/s1. The Morgan fingerprint density at radius 1 is 0.892 bits per heavy atom. The van der Waals surface area contributed by atoms with Gasteiger partial charge >= 0.3 is 11.9 Å². The molecule has 1 saturated carbocycles. The van der Waals surface area contributed by atoms with Crippen LogP contribution in [0.2, 0.25) is 0 Å². The molecular weight excluding hydrogens is 476 g/mol. The van der Waals surface area contributed by atoms with Crippen molar-refractivity contribution < 1.29 is 33.4 Å². The van der Waals surface area contributed by atoms with Crippen molar-refractivity contribution in [3.05, 3.63) is 71.8 Å². The van der Waals surface area contributed by atoms with Gasteiger partial charge in [-0.15, -0.1) is 0 Å². The summed E-state index contributed by atoms with van der Waals surface area (Å²) in [5, 5.41) is 2.59. The number of benzene rings is 2. The highest BCUT2D eigenvalue weighted by atomic mass is 16.5. The van der Waals surface area contributed by atoms with E-state index in [0.29, 0.717) is 23.5 Å². The van der Waals surface area contributed by atoms with E-state index in [9.17, 15) is 24.0 Å². The molecular formula is C28H26N2O7. The van der Waals surface area contributed by atoms with Crippen LogP contribution >= 0.6 is 0 Å². The van der Waals surface area contributed by atoms with Gasteiger partial charge in [-0.1, -0.05) is 25.1 Å². The van der Waals surface area contributed by atoms with E-state index in [4.69, 9.17) is 9.47 Å². The Bertz CT molecular complexity index is 1270. The monoisotopic (exact) mass is 502 g/mol. The molecule has 2 bridgehead atoms. The molecule has 3 aliphatic rings. The predicted molar refractivity (Wildman–Crippen MR) is 133 cm³/mol. The first-order valence-corrected chi connectivity index (χ1v) is 12.3. The molecule has 5 rings (SSSR count). The van der Waals surface area contributed by atoms with E-state index in [-0.39, 0.29) is 41.0 Å². The second-order valence-corrected chi connectivity index (χ2v) is 9.40. The summed E-state index contributed by atoms with van der Waals surface area (Å²) in [6.07, 6.45) is 5.60. The third-order valence-electron chi connectivity index (χ3n) is 6.99. The Balaban J connectivity index is 1.17. The molecule has 1 heterocycles. The smallest absolute Gasteiger partial charge is 0.338 e. The number of allylic oxidation sites excluding steroid dienone is 2. The van der Waals surface area contributed by atoms with Crippen LogP contribution in [0.25, 0.3) is 0 Å². The van der Waals surface area contributed by atoms with E-state index in [0.717, 1.165) is 12.8 Å². The van der Waals surface area contributed by atoms with E-state index in [1.807, 2.05) is 19.1 Å². The molecule has 1 N–H and O–H groups in total. The predicted octanol–water partition coefficient (Wildman–Crippen LogP) is 3.36. The Labute approximate surface area is 213 Å². The average Bonchev–Trinajstić information content (AvgIpc) is 3.59. The lowest BCUT2D eigenvalue weighted by atomic mass is 9.85. The second kappa shape index (κ2) is 10.0. The lowest BCUT2D eigenvalue weighted by Gasteiger charge is -2.18. The first-order chi connectivity index (χ1) is 17.9. The highest BCUT2D eigenvalue weighted by Gasteiger charge is 2.59. The number of amides is 3. The molecule has 1 aliphatic heterocycles. The lowest BCUT2D eigenvalue weighted by molar-refractivity contribution is -0.123. The quantitative estimate of drug-likeness (QED) is 0.334. The van der Waals surface area contributed by atoms with Crippen molar-refractivity contribution in [2.45, 2.75) is 19.8 Å². The van der Waals surface area contributed by atoms with Crippen molar-refractivity contribution in [2.75, 3.05) is 23.4 Å². The number of hydrogen-bond acceptors (Lipinski definition) is 7. The average molecular weight is 503 g/mol. The number of esters is 2. The fourth-order valence-electron chi connectivity index (χ4n) is 5.31. The van der Waals surface area contributed by atoms with Gasteiger partial charge in [-0.05, 0) is 67.1 Å². The summed E-state index contributed by atoms with van der Waals surface area (Å²) in [5.74, 6) is -2.72. The maximum Gasteiger partial charge on any atom is 0.338 e. The number of nitrogens with one attached hydrogen (secondary N) is 1. The summed E-state index contributed by atoms with van der Waals surface area (Å²) >= 11 is 0. The van der Waals surface area contributed by atoms with Crippen LogP contribution in [-0.4, -0.2) is 42.9 Å². The molecule has 0 aromatic heterocycles. The van der Waals surface area contributed by atoms with Crippen LogP contribution in [0.1, 0.15) is 40.5 Å². The molecule has 3 amide bonds. The van der Waals surface area contributed by atoms with Crippen molar-refractivity contribution in [1.82, 2.24) is 0 Å². The van der Waals surface area contributed by atoms with Gasteiger partial charge in [0.05, 0.1) is 35.3 Å². The number of hydrogen-bond donors (Lipinski definition) is 1. The summed E-state index contributed by atoms with van der Waals surface area (Å²) in [5.41, 5.74) is 1.23. The Morgan fingerprint density at radius 3 is 2.19 bits per heavy atom. The van der Waals surface area contributed by atoms with E-state index in [1.54, 1.807) is 24.3 Å². The zero-order valence-electron chi connectivity index (χ0n) is 20.2. The molecule has 1 saturated heterocycles. The topological polar surface area (TPSA) is 119 Å². The van der Waals surface area contributed by atoms with Crippen LogP contribution in [0, 0.1) is 23.7 Å². The molecule has 190 valence electrons. The molecule has 9 nitrogen and oxygen atoms in total. The van der Waals surface area contributed by atoms with Crippen molar-refractivity contribution in [1.29, 1.82) is 0 Å². The first-order valence-electron chi connectivity index (χ1n) is 12.3. The van der Waals surface area contributed by atoms with Crippen LogP contribution in [-0.2, 0) is 23.9 Å². The molecule has 2 aromatic rings. The third-order valence-corrected chi connectivity index (χ3v) is 6.99. The van der Waals surface area contributed by atoms with Gasteiger partial charge in [-0.3, -0.25) is 14.4 Å². The van der Waals surface area contributed by atoms with Crippen LogP contribution in [0.3, 0.4) is 0 Å². The number of rotatable bonds is 8. The normalized spacial score (nSPS) is 23.2. The number of carbonyl (C=O) groups excluding carboxylic acids is 5. The molecule has 0 radical (unpaired) electrons. The highest BCUT2D eigenvalue weighted by molar-refractivity contribution is 6.23. The highest BCUT2D eigenvalue weighted by Crippen LogP contribution is 2.53. The lowest BCUT2D eigenvalue weighted by Crippen LogP contribution is -2.33. The van der Waals surface area contributed by atoms with Gasteiger partial charge in [-0.2, -0.15) is 0 Å². The zero-order chi connectivity index (χ0) is 26.1. The van der Waals surface area contributed by atoms with Gasteiger partial charge in [-0.25, -0.2) is 14.5 Å². The van der Waals surface area contributed by atoms with Crippen LogP contribution in [0.15, 0.2) is 60.7 Å². The second-order valence-electron chi connectivity index (χ2n) is 9.40. The minimum absolute atomic E-state index is 0.0918. The van der Waals surface area contributed by atoms with E-state index in [1.165, 1.54) is 29.2 Å². The van der Waals surface area contributed by atoms with Crippen LogP contribution in [0.4, 0.5) is 11.4 Å². The fraction of sp³-hybridized carbons (Fsp3) is 0.321. The number of nitrogens with zero attached hydrogens (tertiary/aromatic N) is 1. The number of ether oxygens (including phenoxy) is 2. The van der Waals surface area contributed by atoms with Crippen molar-refractivity contribution >= 4 is 41.0 Å². The van der Waals surface area contributed by atoms with Crippen molar-refractivity contribution in [3.63, 3.8) is 0 Å². The van der Waals surface area contributed by atoms with Gasteiger partial charge in [0.15, 0.2) is 6.61 Å². The molecule has 2 fully saturated rings. The number of fused-ring (bicyclic) bond motifs is 5. The molecule has 2 aromatic carbocycles. The van der Waals surface area contributed by atoms with Crippen molar-refractivity contribution in [2.24, 2.45) is 23.7 Å². The van der Waals surface area contributed by atoms with E-state index in [2.05, 4.69) is 5.32 Å². The molecule has 9 heteroatoms. The third kappa shape index (κ3) is 4.64. The minimum atomic E-state index is -0.757. The summed E-state index contributed by atoms with van der Waals surface area (Å²) in [7, 11) is 0. The molecule has 0 unspecified atom stereocenters. The molecule has 37 heavy (non-hydrogen) atoms. The van der Waals surface area contributed by atoms with Crippen LogP contribution < -0.4 is 10.2 Å². The maximum absolute atomic E-state index is 13.0. The zero-order valence-corrected chi connectivity index (χ0v) is 20.2. The van der Waals surface area contributed by atoms with E-state index >= 15 is 0 Å². The van der Waals surface area contributed by atoms with Gasteiger partial charge in [0.1, 0.15) is 0 Å². The van der Waals surface area contributed by atoms with Gasteiger partial charge in [0, 0.05) is 5.69 Å². The Hall–Kier alpha value is -4.27. The minimum Gasteiger partial charge on any atom is -0.462 e. The Kier molecular flexibility index (Phi) is 6.60. The SMILES string of the molecule is CCCOC(=O)c1ccc(NC(=O)COC(=O)c2cccc(N3C(=O)[C@@H]4[C@H](C3=O)[C@H]3C=C[C@H]4C3)c2)cc1. The van der Waals surface area contributed by atoms with E-state index < -0.39 is 24.5 Å². The largest absolute Gasteiger partial charge is 0.462 e. The molecule has 0 spiro atoms.